The van der Waals surface area contributed by atoms with Crippen LogP contribution in [0.25, 0.3) is 0 Å². The maximum Gasteiger partial charge on any atom is 0.0110 e. The first-order valence-electron chi connectivity index (χ1n) is 2.65. The largest absolute Gasteiger partial charge is 0.148 e. The second-order valence-corrected chi connectivity index (χ2v) is 2.92. The van der Waals surface area contributed by atoms with Gasteiger partial charge in [-0.15, -0.1) is 11.3 Å². The lowest BCUT2D eigenvalue weighted by atomic mass is 10.2. The van der Waals surface area contributed by atoms with Gasteiger partial charge in [0, 0.05) is 10.8 Å². The molecule has 1 radical (unpaired) electrons. The zero-order valence-corrected chi connectivity index (χ0v) is 5.96. The lowest BCUT2D eigenvalue weighted by molar-refractivity contribution is 1.19. The summed E-state index contributed by atoms with van der Waals surface area (Å²) in [5.41, 5.74) is 0. The maximum atomic E-state index is 2.14. The van der Waals surface area contributed by atoms with Crippen molar-refractivity contribution in [3.8, 4) is 0 Å². The van der Waals surface area contributed by atoms with Crippen LogP contribution in [-0.4, -0.2) is 0 Å². The third kappa shape index (κ3) is 1.10. The molecule has 0 atom stereocenters. The Labute approximate surface area is 54.2 Å². The van der Waals surface area contributed by atoms with Gasteiger partial charge in [0.25, 0.3) is 0 Å². The molecule has 0 spiro atoms. The molecule has 43 valence electrons. The molecule has 0 amide bonds. The van der Waals surface area contributed by atoms with E-state index in [1.807, 2.05) is 0 Å². The Kier molecular flexibility index (Phi) is 1.69. The van der Waals surface area contributed by atoms with E-state index in [1.54, 1.807) is 11.3 Å². The van der Waals surface area contributed by atoms with E-state index < -0.39 is 0 Å². The van der Waals surface area contributed by atoms with Crippen LogP contribution in [0.4, 0.5) is 0 Å². The van der Waals surface area contributed by atoms with Gasteiger partial charge in [-0.25, -0.2) is 0 Å². The van der Waals surface area contributed by atoms with Crippen molar-refractivity contribution in [2.45, 2.75) is 13.8 Å². The monoisotopic (exact) mass is 125 g/mol. The minimum atomic E-state index is 1.39. The molecule has 0 bridgehead atoms. The van der Waals surface area contributed by atoms with Crippen LogP contribution in [-0.2, 0) is 0 Å². The molecule has 1 heterocycles. The van der Waals surface area contributed by atoms with E-state index in [1.165, 1.54) is 10.8 Å². The number of hydrogen-bond donors (Lipinski definition) is 0. The van der Waals surface area contributed by atoms with E-state index >= 15 is 0 Å². The number of hydrogen-bond acceptors (Lipinski definition) is 1. The van der Waals surface area contributed by atoms with Crippen LogP contribution in [0, 0.1) is 5.92 Å². The Morgan fingerprint density at radius 1 is 1.50 bits per heavy atom. The molecule has 1 aromatic rings. The molecular weight excluding hydrogens is 116 g/mol. The van der Waals surface area contributed by atoms with Crippen molar-refractivity contribution in [3.05, 3.63) is 28.3 Å². The number of thiophene rings is 1. The fourth-order valence-electron chi connectivity index (χ4n) is 0.563. The lowest BCUT2D eigenvalue weighted by Crippen LogP contribution is -1.78. The first-order valence-corrected chi connectivity index (χ1v) is 3.52. The Hall–Kier alpha value is -0.300. The van der Waals surface area contributed by atoms with Gasteiger partial charge in [0.15, 0.2) is 0 Å². The standard InChI is InChI=1S/C7H9S/c1-6(2)7-4-3-5-8-7/h3-5H,1-2H3. The average molecular weight is 125 g/mol. The molecule has 1 rings (SSSR count). The Morgan fingerprint density at radius 2 is 2.25 bits per heavy atom. The molecule has 1 aromatic heterocycles. The Morgan fingerprint density at radius 3 is 2.50 bits per heavy atom. The molecule has 0 N–H and O–H groups in total. The normalized spacial score (nSPS) is 10.4. The van der Waals surface area contributed by atoms with Gasteiger partial charge >= 0.3 is 0 Å². The first kappa shape index (κ1) is 5.83. The van der Waals surface area contributed by atoms with E-state index in [4.69, 9.17) is 0 Å². The Bertz CT molecular complexity index is 139. The summed E-state index contributed by atoms with van der Waals surface area (Å²) >= 11 is 1.79. The minimum absolute atomic E-state index is 1.39. The molecule has 0 aliphatic carbocycles. The van der Waals surface area contributed by atoms with Crippen molar-refractivity contribution >= 4 is 11.3 Å². The minimum Gasteiger partial charge on any atom is -0.148 e. The summed E-state index contributed by atoms with van der Waals surface area (Å²) < 4.78 is 0. The highest BCUT2D eigenvalue weighted by molar-refractivity contribution is 7.10. The predicted molar refractivity (Wildman–Crippen MR) is 38.0 cm³/mol. The van der Waals surface area contributed by atoms with Gasteiger partial charge in [0.2, 0.25) is 0 Å². The third-order valence-corrected chi connectivity index (χ3v) is 2.11. The van der Waals surface area contributed by atoms with Gasteiger partial charge in [-0.2, -0.15) is 0 Å². The van der Waals surface area contributed by atoms with Crippen LogP contribution in [0.15, 0.2) is 17.5 Å². The summed E-state index contributed by atoms with van der Waals surface area (Å²) in [5, 5.41) is 2.10. The molecule has 0 aliphatic heterocycles. The van der Waals surface area contributed by atoms with Crippen LogP contribution in [0.3, 0.4) is 0 Å². The lowest BCUT2D eigenvalue weighted by Gasteiger charge is -1.94. The molecule has 0 unspecified atom stereocenters. The van der Waals surface area contributed by atoms with Gasteiger partial charge in [-0.3, -0.25) is 0 Å². The number of rotatable bonds is 1. The van der Waals surface area contributed by atoms with Crippen LogP contribution < -0.4 is 0 Å². The average Bonchev–Trinajstić information content (AvgIpc) is 2.12. The van der Waals surface area contributed by atoms with Crippen LogP contribution in [0.1, 0.15) is 18.7 Å². The molecule has 0 aromatic carbocycles. The second kappa shape index (κ2) is 2.31. The highest BCUT2D eigenvalue weighted by Crippen LogP contribution is 2.17. The van der Waals surface area contributed by atoms with Crippen molar-refractivity contribution < 1.29 is 0 Å². The van der Waals surface area contributed by atoms with Gasteiger partial charge in [0.05, 0.1) is 0 Å². The summed E-state index contributed by atoms with van der Waals surface area (Å²) in [6, 6.07) is 4.22. The van der Waals surface area contributed by atoms with Crippen molar-refractivity contribution in [3.63, 3.8) is 0 Å². The highest BCUT2D eigenvalue weighted by Gasteiger charge is 1.96. The molecular formula is C7H9S. The smallest absolute Gasteiger partial charge is 0.0110 e. The van der Waals surface area contributed by atoms with E-state index in [2.05, 4.69) is 31.4 Å². The summed E-state index contributed by atoms with van der Waals surface area (Å²) in [6.45, 7) is 4.26. The third-order valence-electron chi connectivity index (χ3n) is 1.01. The summed E-state index contributed by atoms with van der Waals surface area (Å²) in [6.07, 6.45) is 0. The highest BCUT2D eigenvalue weighted by atomic mass is 32.1. The SMILES string of the molecule is C[C](C)c1cccs1. The van der Waals surface area contributed by atoms with Gasteiger partial charge in [-0.1, -0.05) is 19.9 Å². The molecule has 0 nitrogen and oxygen atoms in total. The van der Waals surface area contributed by atoms with Crippen molar-refractivity contribution in [1.29, 1.82) is 0 Å². The van der Waals surface area contributed by atoms with Crippen LogP contribution >= 0.6 is 11.3 Å². The maximum absolute atomic E-state index is 2.14. The zero-order chi connectivity index (χ0) is 5.98. The van der Waals surface area contributed by atoms with Gasteiger partial charge < -0.3 is 0 Å². The summed E-state index contributed by atoms with van der Waals surface area (Å²) in [5.74, 6) is 1.40. The predicted octanol–water partition coefficient (Wildman–Crippen LogP) is 2.71. The molecule has 0 saturated carbocycles. The molecule has 1 heteroatoms. The van der Waals surface area contributed by atoms with Gasteiger partial charge in [-0.05, 0) is 11.4 Å². The second-order valence-electron chi connectivity index (χ2n) is 1.98. The quantitative estimate of drug-likeness (QED) is 0.541. The molecule has 0 saturated heterocycles. The van der Waals surface area contributed by atoms with E-state index in [0.29, 0.717) is 0 Å². The van der Waals surface area contributed by atoms with Crippen molar-refractivity contribution in [1.82, 2.24) is 0 Å². The first-order chi connectivity index (χ1) is 3.80. The molecule has 0 fully saturated rings. The zero-order valence-electron chi connectivity index (χ0n) is 5.14. The van der Waals surface area contributed by atoms with E-state index in [0.717, 1.165) is 0 Å². The van der Waals surface area contributed by atoms with Crippen molar-refractivity contribution in [2.75, 3.05) is 0 Å². The van der Waals surface area contributed by atoms with Crippen LogP contribution in [0.5, 0.6) is 0 Å². The molecule has 8 heavy (non-hydrogen) atoms. The summed E-state index contributed by atoms with van der Waals surface area (Å²) in [7, 11) is 0. The van der Waals surface area contributed by atoms with Crippen LogP contribution in [0.2, 0.25) is 0 Å². The van der Waals surface area contributed by atoms with E-state index in [-0.39, 0.29) is 0 Å². The van der Waals surface area contributed by atoms with Gasteiger partial charge in [0.1, 0.15) is 0 Å². The van der Waals surface area contributed by atoms with Crippen molar-refractivity contribution in [2.24, 2.45) is 0 Å². The summed E-state index contributed by atoms with van der Waals surface area (Å²) in [4.78, 5) is 1.39. The fourth-order valence-corrected chi connectivity index (χ4v) is 1.26. The van der Waals surface area contributed by atoms with E-state index in [9.17, 15) is 0 Å². The Balaban J connectivity index is 2.77. The fraction of sp³-hybridized carbons (Fsp3) is 0.286. The topological polar surface area (TPSA) is 0 Å². The molecule has 0 aliphatic rings.